The molecule has 0 bridgehead atoms. The van der Waals surface area contributed by atoms with Gasteiger partial charge in [-0.3, -0.25) is 4.79 Å². The van der Waals surface area contributed by atoms with Gasteiger partial charge in [0, 0.05) is 25.9 Å². The summed E-state index contributed by atoms with van der Waals surface area (Å²) >= 11 is 0. The van der Waals surface area contributed by atoms with Crippen LogP contribution in [0.25, 0.3) is 0 Å². The molecule has 6 heteroatoms. The molecule has 0 radical (unpaired) electrons. The lowest BCUT2D eigenvalue weighted by atomic mass is 10.0. The number of nitrogens with one attached hydrogen (secondary N) is 2. The number of carbonyl (C=O) groups excluding carboxylic acids is 1. The van der Waals surface area contributed by atoms with Gasteiger partial charge in [0.1, 0.15) is 0 Å². The van der Waals surface area contributed by atoms with Crippen LogP contribution >= 0.6 is 0 Å². The quantitative estimate of drug-likeness (QED) is 0.786. The van der Waals surface area contributed by atoms with E-state index < -0.39 is 0 Å². The lowest BCUT2D eigenvalue weighted by molar-refractivity contribution is -0.132. The standard InChI is InChI=1S/C21H27N3O3/c1-24(20-14-17(22-23-20)16-7-5-4-6-8-16)21(25)12-10-15-9-11-18(26-2)19(13-15)27-3/h4-9,11,13,17,20,22-23H,10,12,14H2,1-3H3. The molecule has 144 valence electrons. The van der Waals surface area contributed by atoms with Crippen molar-refractivity contribution >= 4 is 5.91 Å². The summed E-state index contributed by atoms with van der Waals surface area (Å²) in [6.45, 7) is 0. The topological polar surface area (TPSA) is 62.8 Å². The van der Waals surface area contributed by atoms with E-state index in [-0.39, 0.29) is 18.1 Å². The van der Waals surface area contributed by atoms with Crippen LogP contribution in [0.2, 0.25) is 0 Å². The molecule has 0 saturated carbocycles. The van der Waals surface area contributed by atoms with Gasteiger partial charge in [0.15, 0.2) is 11.5 Å². The molecule has 0 aromatic heterocycles. The predicted molar refractivity (Wildman–Crippen MR) is 104 cm³/mol. The Bertz CT molecular complexity index is 767. The van der Waals surface area contributed by atoms with Gasteiger partial charge in [0.25, 0.3) is 0 Å². The zero-order valence-electron chi connectivity index (χ0n) is 16.1. The number of hydrogen-bond donors (Lipinski definition) is 2. The smallest absolute Gasteiger partial charge is 0.223 e. The molecule has 2 aromatic carbocycles. The van der Waals surface area contributed by atoms with Gasteiger partial charge in [-0.25, -0.2) is 10.9 Å². The van der Waals surface area contributed by atoms with Crippen LogP contribution in [0, 0.1) is 0 Å². The average Bonchev–Trinajstić information content (AvgIpc) is 3.22. The van der Waals surface area contributed by atoms with Crippen molar-refractivity contribution in [1.29, 1.82) is 0 Å². The number of amides is 1. The summed E-state index contributed by atoms with van der Waals surface area (Å²) in [4.78, 5) is 14.4. The summed E-state index contributed by atoms with van der Waals surface area (Å²) < 4.78 is 10.6. The average molecular weight is 369 g/mol. The van der Waals surface area contributed by atoms with E-state index in [0.717, 1.165) is 12.0 Å². The molecule has 6 nitrogen and oxygen atoms in total. The molecule has 1 fully saturated rings. The van der Waals surface area contributed by atoms with Crippen molar-refractivity contribution in [3.63, 3.8) is 0 Å². The summed E-state index contributed by atoms with van der Waals surface area (Å²) in [7, 11) is 5.08. The molecule has 1 aliphatic heterocycles. The van der Waals surface area contributed by atoms with Gasteiger partial charge in [-0.1, -0.05) is 36.4 Å². The zero-order chi connectivity index (χ0) is 19.2. The molecule has 1 heterocycles. The third kappa shape index (κ3) is 4.59. The molecule has 0 aliphatic carbocycles. The molecule has 27 heavy (non-hydrogen) atoms. The number of nitrogens with zero attached hydrogens (tertiary/aromatic N) is 1. The maximum Gasteiger partial charge on any atom is 0.223 e. The predicted octanol–water partition coefficient (Wildman–Crippen LogP) is 2.66. The lowest BCUT2D eigenvalue weighted by Crippen LogP contribution is -2.45. The summed E-state index contributed by atoms with van der Waals surface area (Å²) in [5, 5.41) is 0. The number of benzene rings is 2. The first-order chi connectivity index (χ1) is 13.1. The largest absolute Gasteiger partial charge is 0.493 e. The van der Waals surface area contributed by atoms with E-state index in [9.17, 15) is 4.79 Å². The molecular weight excluding hydrogens is 342 g/mol. The van der Waals surface area contributed by atoms with Gasteiger partial charge < -0.3 is 14.4 Å². The fourth-order valence-corrected chi connectivity index (χ4v) is 3.34. The van der Waals surface area contributed by atoms with Gasteiger partial charge in [0.2, 0.25) is 5.91 Å². The van der Waals surface area contributed by atoms with E-state index in [2.05, 4.69) is 23.0 Å². The number of hydrazine groups is 1. The first-order valence-corrected chi connectivity index (χ1v) is 9.15. The van der Waals surface area contributed by atoms with Crippen molar-refractivity contribution in [2.24, 2.45) is 0 Å². The molecule has 3 rings (SSSR count). The highest BCUT2D eigenvalue weighted by molar-refractivity contribution is 5.76. The van der Waals surface area contributed by atoms with Gasteiger partial charge >= 0.3 is 0 Å². The number of rotatable bonds is 7. The van der Waals surface area contributed by atoms with Crippen molar-refractivity contribution in [3.8, 4) is 11.5 Å². The minimum atomic E-state index is -0.0203. The van der Waals surface area contributed by atoms with Crippen LogP contribution in [0.15, 0.2) is 48.5 Å². The molecule has 2 N–H and O–H groups in total. The number of aryl methyl sites for hydroxylation is 1. The molecule has 2 aromatic rings. The Labute approximate surface area is 160 Å². The first-order valence-electron chi connectivity index (χ1n) is 9.15. The highest BCUT2D eigenvalue weighted by atomic mass is 16.5. The van der Waals surface area contributed by atoms with Crippen LogP contribution in [-0.2, 0) is 11.2 Å². The summed E-state index contributed by atoms with van der Waals surface area (Å²) in [6, 6.07) is 16.2. The van der Waals surface area contributed by atoms with E-state index in [4.69, 9.17) is 9.47 Å². The normalized spacial score (nSPS) is 18.9. The SMILES string of the molecule is COc1ccc(CCC(=O)N(C)C2CC(c3ccccc3)NN2)cc1OC. The Kier molecular flexibility index (Phi) is 6.32. The van der Waals surface area contributed by atoms with E-state index in [1.807, 2.05) is 43.4 Å². The van der Waals surface area contributed by atoms with Crippen LogP contribution in [-0.4, -0.2) is 38.2 Å². The second-order valence-corrected chi connectivity index (χ2v) is 6.70. The molecule has 0 spiro atoms. The molecule has 1 aliphatic rings. The monoisotopic (exact) mass is 369 g/mol. The third-order valence-corrected chi connectivity index (χ3v) is 5.02. The van der Waals surface area contributed by atoms with Gasteiger partial charge in [-0.05, 0) is 29.7 Å². The Hall–Kier alpha value is -2.57. The van der Waals surface area contributed by atoms with Gasteiger partial charge in [-0.2, -0.15) is 0 Å². The van der Waals surface area contributed by atoms with Crippen molar-refractivity contribution < 1.29 is 14.3 Å². The van der Waals surface area contributed by atoms with Crippen molar-refractivity contribution in [2.75, 3.05) is 21.3 Å². The van der Waals surface area contributed by atoms with E-state index in [1.54, 1.807) is 19.1 Å². The van der Waals surface area contributed by atoms with Crippen molar-refractivity contribution in [3.05, 3.63) is 59.7 Å². The second kappa shape index (κ2) is 8.88. The van der Waals surface area contributed by atoms with Gasteiger partial charge in [0.05, 0.1) is 20.4 Å². The van der Waals surface area contributed by atoms with E-state index in [0.29, 0.717) is 24.3 Å². The van der Waals surface area contributed by atoms with Gasteiger partial charge in [-0.15, -0.1) is 0 Å². The number of carbonyl (C=O) groups is 1. The Balaban J connectivity index is 1.54. The van der Waals surface area contributed by atoms with Crippen LogP contribution in [0.4, 0.5) is 0 Å². The minimum absolute atomic E-state index is 0.0203. The molecule has 2 atom stereocenters. The number of hydrogen-bond acceptors (Lipinski definition) is 5. The van der Waals surface area contributed by atoms with Crippen LogP contribution in [0.5, 0.6) is 11.5 Å². The number of ether oxygens (including phenoxy) is 2. The highest BCUT2D eigenvalue weighted by Gasteiger charge is 2.29. The number of methoxy groups -OCH3 is 2. The maximum atomic E-state index is 12.6. The first kappa shape index (κ1) is 19.2. The van der Waals surface area contributed by atoms with Crippen molar-refractivity contribution in [1.82, 2.24) is 15.8 Å². The lowest BCUT2D eigenvalue weighted by Gasteiger charge is -2.24. The van der Waals surface area contributed by atoms with E-state index in [1.165, 1.54) is 5.56 Å². The molecule has 1 amide bonds. The maximum absolute atomic E-state index is 12.6. The molecule has 1 saturated heterocycles. The summed E-state index contributed by atoms with van der Waals surface area (Å²) in [5.74, 6) is 1.49. The third-order valence-electron chi connectivity index (χ3n) is 5.02. The second-order valence-electron chi connectivity index (χ2n) is 6.70. The van der Waals surface area contributed by atoms with Crippen molar-refractivity contribution in [2.45, 2.75) is 31.5 Å². The Morgan fingerprint density at radius 2 is 1.81 bits per heavy atom. The molecular formula is C21H27N3O3. The van der Waals surface area contributed by atoms with Crippen LogP contribution in [0.1, 0.15) is 30.0 Å². The fourth-order valence-electron chi connectivity index (χ4n) is 3.34. The van der Waals surface area contributed by atoms with E-state index >= 15 is 0 Å². The van der Waals surface area contributed by atoms with Crippen LogP contribution in [0.3, 0.4) is 0 Å². The Morgan fingerprint density at radius 3 is 2.52 bits per heavy atom. The minimum Gasteiger partial charge on any atom is -0.493 e. The summed E-state index contributed by atoms with van der Waals surface area (Å²) in [6.07, 6.45) is 1.92. The molecule has 2 unspecified atom stereocenters. The van der Waals surface area contributed by atoms with Crippen LogP contribution < -0.4 is 20.3 Å². The summed E-state index contributed by atoms with van der Waals surface area (Å²) in [5.41, 5.74) is 8.79. The fraction of sp³-hybridized carbons (Fsp3) is 0.381. The zero-order valence-corrected chi connectivity index (χ0v) is 16.1. The Morgan fingerprint density at radius 1 is 1.07 bits per heavy atom. The highest BCUT2D eigenvalue weighted by Crippen LogP contribution is 2.28.